The maximum Gasteiger partial charge on any atom is 0.263 e. The predicted molar refractivity (Wildman–Crippen MR) is 89.0 cm³/mol. The van der Waals surface area contributed by atoms with Crippen molar-refractivity contribution in [1.29, 1.82) is 0 Å². The summed E-state index contributed by atoms with van der Waals surface area (Å²) >= 11 is 7.07. The normalized spacial score (nSPS) is 14.5. The summed E-state index contributed by atoms with van der Waals surface area (Å²) in [7, 11) is 0. The lowest BCUT2D eigenvalue weighted by molar-refractivity contribution is 0.141. The van der Waals surface area contributed by atoms with Gasteiger partial charge in [-0.3, -0.25) is 9.36 Å². The zero-order valence-corrected chi connectivity index (χ0v) is 13.9. The van der Waals surface area contributed by atoms with Crippen LogP contribution in [0.2, 0.25) is 0 Å². The number of nitrogens with one attached hydrogen (secondary N) is 1. The zero-order chi connectivity index (χ0) is 14.8. The molecular formula is C15H20N2O2S2. The molecule has 0 fully saturated rings. The van der Waals surface area contributed by atoms with E-state index < -0.39 is 0 Å². The molecule has 2 aromatic heterocycles. The number of ether oxygens (including phenoxy) is 1. The van der Waals surface area contributed by atoms with Crippen LogP contribution in [0.4, 0.5) is 0 Å². The second kappa shape index (κ2) is 6.42. The van der Waals surface area contributed by atoms with Crippen LogP contribution in [0.5, 0.6) is 0 Å². The number of hydrogen-bond acceptors (Lipinski definition) is 4. The van der Waals surface area contributed by atoms with Gasteiger partial charge in [0, 0.05) is 24.6 Å². The molecule has 0 saturated carbocycles. The highest BCUT2D eigenvalue weighted by molar-refractivity contribution is 7.71. The molecule has 2 aromatic rings. The Hall–Kier alpha value is -0.980. The molecule has 0 unspecified atom stereocenters. The molecule has 0 spiro atoms. The van der Waals surface area contributed by atoms with Gasteiger partial charge in [0.1, 0.15) is 4.83 Å². The van der Waals surface area contributed by atoms with E-state index >= 15 is 0 Å². The summed E-state index contributed by atoms with van der Waals surface area (Å²) in [5.74, 6) is 0. The fraction of sp³-hybridized carbons (Fsp3) is 0.600. The molecule has 0 bridgehead atoms. The van der Waals surface area contributed by atoms with Crippen molar-refractivity contribution in [2.45, 2.75) is 45.6 Å². The van der Waals surface area contributed by atoms with E-state index in [0.717, 1.165) is 29.5 Å². The standard InChI is InChI=1S/C15H20N2O2S2/c1-2-19-9-5-8-17-14(18)12-10-6-3-4-7-11(10)21-13(12)16-15(17)20/h2-9H2,1H3,(H,16,20). The van der Waals surface area contributed by atoms with Crippen molar-refractivity contribution in [2.24, 2.45) is 0 Å². The van der Waals surface area contributed by atoms with Crippen LogP contribution in [0, 0.1) is 4.77 Å². The number of thiophene rings is 1. The molecule has 3 rings (SSSR count). The van der Waals surface area contributed by atoms with Gasteiger partial charge in [0.15, 0.2) is 4.77 Å². The molecule has 0 atom stereocenters. The molecular weight excluding hydrogens is 304 g/mol. The Morgan fingerprint density at radius 3 is 3.00 bits per heavy atom. The van der Waals surface area contributed by atoms with Gasteiger partial charge < -0.3 is 9.72 Å². The molecule has 0 aliphatic heterocycles. The SMILES string of the molecule is CCOCCCn1c(=S)[nH]c2sc3c(c2c1=O)CCCC3. The first kappa shape index (κ1) is 14.9. The Morgan fingerprint density at radius 2 is 2.19 bits per heavy atom. The minimum Gasteiger partial charge on any atom is -0.382 e. The van der Waals surface area contributed by atoms with Crippen LogP contribution >= 0.6 is 23.6 Å². The van der Waals surface area contributed by atoms with Crippen LogP contribution in [0.1, 0.15) is 36.6 Å². The topological polar surface area (TPSA) is 47.0 Å². The number of hydrogen-bond donors (Lipinski definition) is 1. The lowest BCUT2D eigenvalue weighted by Gasteiger charge is -2.11. The summed E-state index contributed by atoms with van der Waals surface area (Å²) in [4.78, 5) is 18.4. The van der Waals surface area contributed by atoms with Crippen LogP contribution in [0.15, 0.2) is 4.79 Å². The molecule has 1 N–H and O–H groups in total. The van der Waals surface area contributed by atoms with E-state index in [9.17, 15) is 4.79 Å². The summed E-state index contributed by atoms with van der Waals surface area (Å²) in [5.41, 5.74) is 1.33. The van der Waals surface area contributed by atoms with Gasteiger partial charge >= 0.3 is 0 Å². The molecule has 1 aliphatic rings. The maximum absolute atomic E-state index is 12.8. The second-order valence-electron chi connectivity index (χ2n) is 5.35. The maximum atomic E-state index is 12.8. The van der Waals surface area contributed by atoms with Crippen molar-refractivity contribution in [1.82, 2.24) is 9.55 Å². The first-order valence-corrected chi connectivity index (χ1v) is 8.80. The van der Waals surface area contributed by atoms with Crippen LogP contribution in [0.3, 0.4) is 0 Å². The number of aromatic amines is 1. The van der Waals surface area contributed by atoms with E-state index in [1.165, 1.54) is 23.3 Å². The Labute approximate surface area is 132 Å². The molecule has 2 heterocycles. The zero-order valence-electron chi connectivity index (χ0n) is 12.2. The third kappa shape index (κ3) is 2.84. The van der Waals surface area contributed by atoms with Crippen LogP contribution < -0.4 is 5.56 Å². The first-order valence-electron chi connectivity index (χ1n) is 7.57. The lowest BCUT2D eigenvalue weighted by Crippen LogP contribution is -2.23. The summed E-state index contributed by atoms with van der Waals surface area (Å²) in [6, 6.07) is 0. The van der Waals surface area contributed by atoms with Crippen molar-refractivity contribution < 1.29 is 4.74 Å². The lowest BCUT2D eigenvalue weighted by atomic mass is 9.97. The molecule has 0 saturated heterocycles. The van der Waals surface area contributed by atoms with E-state index in [1.54, 1.807) is 15.9 Å². The third-order valence-electron chi connectivity index (χ3n) is 3.97. The highest BCUT2D eigenvalue weighted by Crippen LogP contribution is 2.33. The number of nitrogens with zero attached hydrogens (tertiary/aromatic N) is 1. The van der Waals surface area contributed by atoms with Crippen molar-refractivity contribution in [2.75, 3.05) is 13.2 Å². The van der Waals surface area contributed by atoms with E-state index in [4.69, 9.17) is 17.0 Å². The molecule has 4 nitrogen and oxygen atoms in total. The van der Waals surface area contributed by atoms with Gasteiger partial charge in [-0.1, -0.05) is 0 Å². The number of fused-ring (bicyclic) bond motifs is 3. The number of aryl methyl sites for hydroxylation is 2. The first-order chi connectivity index (χ1) is 10.2. The smallest absolute Gasteiger partial charge is 0.263 e. The molecule has 1 aliphatic carbocycles. The molecule has 0 amide bonds. The minimum absolute atomic E-state index is 0.0737. The van der Waals surface area contributed by atoms with Gasteiger partial charge in [-0.2, -0.15) is 0 Å². The summed E-state index contributed by atoms with van der Waals surface area (Å²) < 4.78 is 7.56. The van der Waals surface area contributed by atoms with Crippen molar-refractivity contribution in [3.05, 3.63) is 25.6 Å². The van der Waals surface area contributed by atoms with Crippen molar-refractivity contribution in [3.63, 3.8) is 0 Å². The minimum atomic E-state index is 0.0737. The van der Waals surface area contributed by atoms with Crippen LogP contribution in [-0.4, -0.2) is 22.8 Å². The largest absolute Gasteiger partial charge is 0.382 e. The second-order valence-corrected chi connectivity index (χ2v) is 6.84. The highest BCUT2D eigenvalue weighted by atomic mass is 32.1. The van der Waals surface area contributed by atoms with Gasteiger partial charge in [0.25, 0.3) is 5.56 Å². The van der Waals surface area contributed by atoms with Gasteiger partial charge in [-0.15, -0.1) is 11.3 Å². The highest BCUT2D eigenvalue weighted by Gasteiger charge is 2.19. The fourth-order valence-electron chi connectivity index (χ4n) is 2.94. The predicted octanol–water partition coefficient (Wildman–Crippen LogP) is 3.43. The van der Waals surface area contributed by atoms with E-state index in [0.29, 0.717) is 24.5 Å². The molecule has 0 radical (unpaired) electrons. The number of H-pyrrole nitrogens is 1. The number of aromatic nitrogens is 2. The molecule has 114 valence electrons. The van der Waals surface area contributed by atoms with Crippen molar-refractivity contribution >= 4 is 33.8 Å². The molecule has 21 heavy (non-hydrogen) atoms. The Morgan fingerprint density at radius 1 is 1.38 bits per heavy atom. The Balaban J connectivity index is 2.01. The quantitative estimate of drug-likeness (QED) is 0.677. The van der Waals surface area contributed by atoms with E-state index in [-0.39, 0.29) is 5.56 Å². The molecule has 6 heteroatoms. The third-order valence-corrected chi connectivity index (χ3v) is 5.50. The van der Waals surface area contributed by atoms with Gasteiger partial charge in [-0.05, 0) is 56.8 Å². The van der Waals surface area contributed by atoms with E-state index in [2.05, 4.69) is 4.98 Å². The average molecular weight is 324 g/mol. The van der Waals surface area contributed by atoms with Gasteiger partial charge in [0.2, 0.25) is 0 Å². The average Bonchev–Trinajstić information content (AvgIpc) is 2.84. The van der Waals surface area contributed by atoms with Gasteiger partial charge in [-0.25, -0.2) is 0 Å². The summed E-state index contributed by atoms with van der Waals surface area (Å²) in [5, 5.41) is 0.875. The van der Waals surface area contributed by atoms with Crippen molar-refractivity contribution in [3.8, 4) is 0 Å². The van der Waals surface area contributed by atoms with Gasteiger partial charge in [0.05, 0.1) is 5.39 Å². The Kier molecular flexibility index (Phi) is 4.57. The number of rotatable bonds is 5. The van der Waals surface area contributed by atoms with Crippen LogP contribution in [0.25, 0.3) is 10.2 Å². The summed E-state index contributed by atoms with van der Waals surface area (Å²) in [6.07, 6.45) is 5.33. The monoisotopic (exact) mass is 324 g/mol. The molecule has 0 aromatic carbocycles. The fourth-order valence-corrected chi connectivity index (χ4v) is 4.57. The Bertz CT molecular complexity index is 757. The summed E-state index contributed by atoms with van der Waals surface area (Å²) in [6.45, 7) is 3.97. The van der Waals surface area contributed by atoms with Crippen LogP contribution in [-0.2, 0) is 24.1 Å². The van der Waals surface area contributed by atoms with E-state index in [1.807, 2.05) is 6.92 Å².